The third-order valence-electron chi connectivity index (χ3n) is 2.72. The molecule has 0 aliphatic rings. The van der Waals surface area contributed by atoms with Crippen LogP contribution in [0.4, 0.5) is 11.4 Å². The number of sulfonamides is 1. The van der Waals surface area contributed by atoms with E-state index in [1.807, 2.05) is 0 Å². The Bertz CT molecular complexity index is 823. The van der Waals surface area contributed by atoms with Gasteiger partial charge in [-0.25, -0.2) is 8.42 Å². The summed E-state index contributed by atoms with van der Waals surface area (Å²) in [6.07, 6.45) is 0. The Hall–Kier alpha value is -2.32. The first-order valence-electron chi connectivity index (χ1n) is 5.94. The first kappa shape index (κ1) is 16.1. The zero-order valence-corrected chi connectivity index (χ0v) is 12.9. The van der Waals surface area contributed by atoms with Gasteiger partial charge in [0.2, 0.25) is 0 Å². The van der Waals surface area contributed by atoms with Crippen LogP contribution in [0.3, 0.4) is 0 Å². The highest BCUT2D eigenvalue weighted by Gasteiger charge is 2.21. The van der Waals surface area contributed by atoms with E-state index in [0.29, 0.717) is 0 Å². The number of non-ortho nitro benzene ring substituents is 1. The molecule has 2 aromatic carbocycles. The molecule has 116 valence electrons. The molecule has 0 radical (unpaired) electrons. The van der Waals surface area contributed by atoms with Crippen LogP contribution < -0.4 is 9.46 Å². The molecule has 0 saturated heterocycles. The molecule has 0 aliphatic heterocycles. The molecule has 0 atom stereocenters. The summed E-state index contributed by atoms with van der Waals surface area (Å²) in [4.78, 5) is 9.95. The standard InChI is InChI=1S/C13H11ClN2O5S/c1-21-12-6-5-9(14)7-13(12)22(19,20)15-10-3-2-4-11(8-10)16(17)18/h2-8,15H,1H3. The number of hydrogen-bond donors (Lipinski definition) is 1. The highest BCUT2D eigenvalue weighted by Crippen LogP contribution is 2.29. The van der Waals surface area contributed by atoms with E-state index in [9.17, 15) is 18.5 Å². The quantitative estimate of drug-likeness (QED) is 0.665. The number of methoxy groups -OCH3 is 1. The molecule has 2 aromatic rings. The van der Waals surface area contributed by atoms with Gasteiger partial charge in [0.1, 0.15) is 10.6 Å². The van der Waals surface area contributed by atoms with Gasteiger partial charge in [0.25, 0.3) is 15.7 Å². The minimum absolute atomic E-state index is 0.0660. The molecular formula is C13H11ClN2O5S. The van der Waals surface area contributed by atoms with Crippen LogP contribution in [-0.2, 0) is 10.0 Å². The second-order valence-electron chi connectivity index (χ2n) is 4.21. The van der Waals surface area contributed by atoms with E-state index in [0.717, 1.165) is 6.07 Å². The van der Waals surface area contributed by atoms with Gasteiger partial charge in [0.15, 0.2) is 0 Å². The third kappa shape index (κ3) is 3.46. The van der Waals surface area contributed by atoms with Crippen LogP contribution in [0, 0.1) is 10.1 Å². The van der Waals surface area contributed by atoms with Crippen molar-refractivity contribution in [3.05, 3.63) is 57.6 Å². The number of nitrogens with zero attached hydrogens (tertiary/aromatic N) is 1. The lowest BCUT2D eigenvalue weighted by atomic mass is 10.3. The molecule has 0 heterocycles. The fourth-order valence-corrected chi connectivity index (χ4v) is 3.24. The summed E-state index contributed by atoms with van der Waals surface area (Å²) in [6, 6.07) is 9.32. The number of halogens is 1. The second kappa shape index (κ2) is 6.20. The minimum atomic E-state index is -4.00. The average molecular weight is 343 g/mol. The van der Waals surface area contributed by atoms with Gasteiger partial charge < -0.3 is 4.74 Å². The largest absolute Gasteiger partial charge is 0.495 e. The van der Waals surface area contributed by atoms with Crippen molar-refractivity contribution in [3.63, 3.8) is 0 Å². The third-order valence-corrected chi connectivity index (χ3v) is 4.36. The van der Waals surface area contributed by atoms with Gasteiger partial charge in [-0.05, 0) is 24.3 Å². The van der Waals surface area contributed by atoms with Gasteiger partial charge in [-0.15, -0.1) is 0 Å². The summed E-state index contributed by atoms with van der Waals surface area (Å²) in [7, 11) is -2.67. The van der Waals surface area contributed by atoms with Gasteiger partial charge >= 0.3 is 0 Å². The number of nitro benzene ring substituents is 1. The Morgan fingerprint density at radius 2 is 1.95 bits per heavy atom. The van der Waals surface area contributed by atoms with Crippen molar-refractivity contribution in [2.45, 2.75) is 4.90 Å². The Morgan fingerprint density at radius 3 is 2.59 bits per heavy atom. The van der Waals surface area contributed by atoms with E-state index in [-0.39, 0.29) is 27.0 Å². The molecule has 0 aliphatic carbocycles. The molecular weight excluding hydrogens is 332 g/mol. The van der Waals surface area contributed by atoms with Crippen LogP contribution >= 0.6 is 11.6 Å². The van der Waals surface area contributed by atoms with Crippen molar-refractivity contribution < 1.29 is 18.1 Å². The van der Waals surface area contributed by atoms with Crippen molar-refractivity contribution in [1.29, 1.82) is 0 Å². The van der Waals surface area contributed by atoms with E-state index in [2.05, 4.69) is 4.72 Å². The Morgan fingerprint density at radius 1 is 1.23 bits per heavy atom. The maximum absolute atomic E-state index is 12.4. The molecule has 2 rings (SSSR count). The molecule has 22 heavy (non-hydrogen) atoms. The maximum Gasteiger partial charge on any atom is 0.271 e. The van der Waals surface area contributed by atoms with Crippen LogP contribution in [0.5, 0.6) is 5.75 Å². The SMILES string of the molecule is COc1ccc(Cl)cc1S(=O)(=O)Nc1cccc([N+](=O)[O-])c1. The van der Waals surface area contributed by atoms with E-state index in [1.54, 1.807) is 0 Å². The highest BCUT2D eigenvalue weighted by atomic mass is 35.5. The predicted molar refractivity (Wildman–Crippen MR) is 81.9 cm³/mol. The first-order chi connectivity index (χ1) is 10.3. The van der Waals surface area contributed by atoms with Gasteiger partial charge in [-0.1, -0.05) is 17.7 Å². The van der Waals surface area contributed by atoms with Gasteiger partial charge in [-0.2, -0.15) is 0 Å². The lowest BCUT2D eigenvalue weighted by molar-refractivity contribution is -0.384. The molecule has 9 heteroatoms. The summed E-state index contributed by atoms with van der Waals surface area (Å²) in [5.41, 5.74) is -0.158. The molecule has 0 unspecified atom stereocenters. The first-order valence-corrected chi connectivity index (χ1v) is 7.80. The summed E-state index contributed by atoms with van der Waals surface area (Å²) in [5.74, 6) is 0.113. The van der Waals surface area contributed by atoms with Crippen molar-refractivity contribution >= 4 is 33.0 Å². The van der Waals surface area contributed by atoms with E-state index >= 15 is 0 Å². The molecule has 0 saturated carbocycles. The summed E-state index contributed by atoms with van der Waals surface area (Å²) < 4.78 is 32.1. The Balaban J connectivity index is 2.42. The van der Waals surface area contributed by atoms with E-state index in [1.165, 1.54) is 43.5 Å². The van der Waals surface area contributed by atoms with Crippen LogP contribution in [0.15, 0.2) is 47.4 Å². The zero-order valence-electron chi connectivity index (χ0n) is 11.3. The molecule has 1 N–H and O–H groups in total. The normalized spacial score (nSPS) is 11.0. The minimum Gasteiger partial charge on any atom is -0.495 e. The molecule has 0 fully saturated rings. The fourth-order valence-electron chi connectivity index (χ4n) is 1.75. The van der Waals surface area contributed by atoms with Crippen LogP contribution in [0.25, 0.3) is 0 Å². The van der Waals surface area contributed by atoms with Gasteiger partial charge in [-0.3, -0.25) is 14.8 Å². The molecule has 0 spiro atoms. The van der Waals surface area contributed by atoms with Crippen LogP contribution in [-0.4, -0.2) is 20.5 Å². The fraction of sp³-hybridized carbons (Fsp3) is 0.0769. The lowest BCUT2D eigenvalue weighted by Gasteiger charge is -2.11. The lowest BCUT2D eigenvalue weighted by Crippen LogP contribution is -2.14. The number of hydrogen-bond acceptors (Lipinski definition) is 5. The van der Waals surface area contributed by atoms with Crippen molar-refractivity contribution in [1.82, 2.24) is 0 Å². The zero-order chi connectivity index (χ0) is 16.3. The van der Waals surface area contributed by atoms with Crippen LogP contribution in [0.1, 0.15) is 0 Å². The molecule has 0 amide bonds. The molecule has 0 aromatic heterocycles. The Kier molecular flexibility index (Phi) is 4.53. The molecule has 7 nitrogen and oxygen atoms in total. The predicted octanol–water partition coefficient (Wildman–Crippen LogP) is 3.06. The number of nitro groups is 1. The van der Waals surface area contributed by atoms with E-state index < -0.39 is 14.9 Å². The number of rotatable bonds is 5. The van der Waals surface area contributed by atoms with Crippen LogP contribution in [0.2, 0.25) is 5.02 Å². The number of benzene rings is 2. The monoisotopic (exact) mass is 342 g/mol. The Labute approximate surface area is 131 Å². The van der Waals surface area contributed by atoms with Crippen molar-refractivity contribution in [2.24, 2.45) is 0 Å². The summed E-state index contributed by atoms with van der Waals surface area (Å²) in [6.45, 7) is 0. The average Bonchev–Trinajstić information content (AvgIpc) is 2.47. The topological polar surface area (TPSA) is 98.5 Å². The van der Waals surface area contributed by atoms with Gasteiger partial charge in [0.05, 0.1) is 17.7 Å². The second-order valence-corrected chi connectivity index (χ2v) is 6.30. The molecule has 0 bridgehead atoms. The van der Waals surface area contributed by atoms with Crippen molar-refractivity contribution in [3.8, 4) is 5.75 Å². The number of ether oxygens (including phenoxy) is 1. The summed E-state index contributed by atoms with van der Waals surface area (Å²) in [5, 5.41) is 10.9. The van der Waals surface area contributed by atoms with Gasteiger partial charge in [0, 0.05) is 17.2 Å². The highest BCUT2D eigenvalue weighted by molar-refractivity contribution is 7.92. The maximum atomic E-state index is 12.4. The van der Waals surface area contributed by atoms with E-state index in [4.69, 9.17) is 16.3 Å². The summed E-state index contributed by atoms with van der Waals surface area (Å²) >= 11 is 5.81. The number of anilines is 1. The number of nitrogens with one attached hydrogen (secondary N) is 1. The van der Waals surface area contributed by atoms with Crippen molar-refractivity contribution in [2.75, 3.05) is 11.8 Å². The smallest absolute Gasteiger partial charge is 0.271 e.